The smallest absolute Gasteiger partial charge is 0.350 e. The molecule has 118 valence electrons. The number of carbonyl (C=O) groups excluding carboxylic acids is 1. The van der Waals surface area contributed by atoms with Crippen molar-refractivity contribution in [2.45, 2.75) is 38.5 Å². The Kier molecular flexibility index (Phi) is 4.19. The molecular formula is C18H22O4. The Hall–Kier alpha value is -1.84. The lowest BCUT2D eigenvalue weighted by Gasteiger charge is -2.40. The molecule has 0 N–H and O–H groups in total. The largest absolute Gasteiger partial charge is 0.496 e. The lowest BCUT2D eigenvalue weighted by Crippen LogP contribution is -2.31. The molecule has 4 heteroatoms. The molecule has 1 aromatic rings. The van der Waals surface area contributed by atoms with E-state index in [1.54, 1.807) is 6.07 Å². The molecule has 1 fully saturated rings. The molecule has 1 aromatic heterocycles. The molecule has 4 atom stereocenters. The number of ether oxygens (including phenoxy) is 1. The van der Waals surface area contributed by atoms with E-state index in [4.69, 9.17) is 9.15 Å². The van der Waals surface area contributed by atoms with Crippen molar-refractivity contribution < 1.29 is 13.9 Å². The standard InChI is InChI=1S/C18H22O4/c1-11-7-8-12-5-3-4-6-13(12)17(11)16-9-15(21-2)14(10-19)18(20)22-16/h7-13,17H,3-6H2,1-2H3/t11-,12+,13-,17-/m1/s1. The zero-order chi connectivity index (χ0) is 15.7. The second-order valence-electron chi connectivity index (χ2n) is 6.42. The highest BCUT2D eigenvalue weighted by Gasteiger charge is 2.38. The highest BCUT2D eigenvalue weighted by Crippen LogP contribution is 2.48. The molecule has 1 saturated carbocycles. The van der Waals surface area contributed by atoms with Gasteiger partial charge in [0.1, 0.15) is 17.1 Å². The first kappa shape index (κ1) is 15.1. The maximum absolute atomic E-state index is 12.1. The number of methoxy groups -OCH3 is 1. The molecule has 1 heterocycles. The van der Waals surface area contributed by atoms with Crippen LogP contribution < -0.4 is 10.4 Å². The van der Waals surface area contributed by atoms with Gasteiger partial charge in [0, 0.05) is 12.0 Å². The molecule has 0 aliphatic heterocycles. The summed E-state index contributed by atoms with van der Waals surface area (Å²) in [5.41, 5.74) is -0.635. The summed E-state index contributed by atoms with van der Waals surface area (Å²) in [6.07, 6.45) is 9.93. The second-order valence-corrected chi connectivity index (χ2v) is 6.42. The van der Waals surface area contributed by atoms with Gasteiger partial charge in [0.05, 0.1) is 7.11 Å². The van der Waals surface area contributed by atoms with E-state index in [1.165, 1.54) is 26.4 Å². The molecule has 0 aromatic carbocycles. The van der Waals surface area contributed by atoms with Crippen LogP contribution in [0.4, 0.5) is 0 Å². The number of allylic oxidation sites excluding steroid dienone is 2. The Morgan fingerprint density at radius 3 is 2.77 bits per heavy atom. The van der Waals surface area contributed by atoms with E-state index in [0.29, 0.717) is 35.5 Å². The summed E-state index contributed by atoms with van der Waals surface area (Å²) in [6.45, 7) is 2.16. The average Bonchev–Trinajstić information content (AvgIpc) is 2.53. The minimum atomic E-state index is -0.599. The van der Waals surface area contributed by atoms with Gasteiger partial charge in [-0.2, -0.15) is 0 Å². The average molecular weight is 302 g/mol. The number of fused-ring (bicyclic) bond motifs is 1. The minimum Gasteiger partial charge on any atom is -0.496 e. The molecule has 0 radical (unpaired) electrons. The predicted molar refractivity (Wildman–Crippen MR) is 83.4 cm³/mol. The van der Waals surface area contributed by atoms with Crippen LogP contribution in [0.5, 0.6) is 5.75 Å². The van der Waals surface area contributed by atoms with Crippen LogP contribution in [0.1, 0.15) is 54.6 Å². The number of hydrogen-bond acceptors (Lipinski definition) is 4. The zero-order valence-corrected chi connectivity index (χ0v) is 13.1. The number of carbonyl (C=O) groups is 1. The summed E-state index contributed by atoms with van der Waals surface area (Å²) in [5.74, 6) is 2.53. The molecule has 0 bridgehead atoms. The third-order valence-electron chi connectivity index (χ3n) is 5.20. The van der Waals surface area contributed by atoms with E-state index in [-0.39, 0.29) is 11.5 Å². The molecular weight excluding hydrogens is 280 g/mol. The predicted octanol–water partition coefficient (Wildman–Crippen LogP) is 3.56. The van der Waals surface area contributed by atoms with Gasteiger partial charge in [0.25, 0.3) is 0 Å². The van der Waals surface area contributed by atoms with E-state index in [1.807, 2.05) is 0 Å². The second kappa shape index (κ2) is 6.11. The monoisotopic (exact) mass is 302 g/mol. The van der Waals surface area contributed by atoms with E-state index >= 15 is 0 Å². The lowest BCUT2D eigenvalue weighted by molar-refractivity contribution is 0.111. The van der Waals surface area contributed by atoms with Crippen molar-refractivity contribution in [1.29, 1.82) is 0 Å². The van der Waals surface area contributed by atoms with Gasteiger partial charge in [-0.05, 0) is 30.6 Å². The Morgan fingerprint density at radius 1 is 1.27 bits per heavy atom. The molecule has 0 amide bonds. The van der Waals surface area contributed by atoms with Gasteiger partial charge in [-0.25, -0.2) is 4.79 Å². The fraction of sp³-hybridized carbons (Fsp3) is 0.556. The van der Waals surface area contributed by atoms with Crippen molar-refractivity contribution in [2.75, 3.05) is 7.11 Å². The van der Waals surface area contributed by atoms with E-state index in [0.717, 1.165) is 6.42 Å². The van der Waals surface area contributed by atoms with Gasteiger partial charge in [0.2, 0.25) is 0 Å². The zero-order valence-electron chi connectivity index (χ0n) is 13.1. The van der Waals surface area contributed by atoms with Crippen molar-refractivity contribution in [3.63, 3.8) is 0 Å². The van der Waals surface area contributed by atoms with Gasteiger partial charge >= 0.3 is 5.63 Å². The Labute approximate surface area is 130 Å². The van der Waals surface area contributed by atoms with Crippen molar-refractivity contribution in [2.24, 2.45) is 17.8 Å². The number of aldehydes is 1. The SMILES string of the molecule is COc1cc([C@H]2[C@@H]3CCCC[C@H]3C=C[C@H]2C)oc(=O)c1C=O. The molecule has 0 saturated heterocycles. The third-order valence-corrected chi connectivity index (χ3v) is 5.20. The third kappa shape index (κ3) is 2.51. The number of rotatable bonds is 3. The summed E-state index contributed by atoms with van der Waals surface area (Å²) in [6, 6.07) is 1.73. The van der Waals surface area contributed by atoms with Crippen LogP contribution in [-0.4, -0.2) is 13.4 Å². The van der Waals surface area contributed by atoms with Gasteiger partial charge in [0.15, 0.2) is 6.29 Å². The quantitative estimate of drug-likeness (QED) is 0.633. The van der Waals surface area contributed by atoms with Crippen LogP contribution in [0.15, 0.2) is 27.4 Å². The summed E-state index contributed by atoms with van der Waals surface area (Å²) < 4.78 is 10.7. The van der Waals surface area contributed by atoms with Crippen LogP contribution in [0.3, 0.4) is 0 Å². The van der Waals surface area contributed by atoms with E-state index in [2.05, 4.69) is 19.1 Å². The van der Waals surface area contributed by atoms with E-state index in [9.17, 15) is 9.59 Å². The van der Waals surface area contributed by atoms with Gasteiger partial charge in [-0.3, -0.25) is 4.79 Å². The number of hydrogen-bond donors (Lipinski definition) is 0. The molecule has 22 heavy (non-hydrogen) atoms. The molecule has 3 rings (SSSR count). The van der Waals surface area contributed by atoms with Crippen LogP contribution in [0.25, 0.3) is 0 Å². The fourth-order valence-corrected chi connectivity index (χ4v) is 4.11. The minimum absolute atomic E-state index is 0.0366. The highest BCUT2D eigenvalue weighted by atomic mass is 16.5. The molecule has 2 aliphatic carbocycles. The van der Waals surface area contributed by atoms with Crippen molar-refractivity contribution in [1.82, 2.24) is 0 Å². The van der Waals surface area contributed by atoms with E-state index < -0.39 is 5.63 Å². The molecule has 2 aliphatic rings. The first-order valence-corrected chi connectivity index (χ1v) is 8.01. The summed E-state index contributed by atoms with van der Waals surface area (Å²) in [4.78, 5) is 23.1. The van der Waals surface area contributed by atoms with Crippen molar-refractivity contribution in [3.05, 3.63) is 40.0 Å². The van der Waals surface area contributed by atoms with Crippen LogP contribution in [0, 0.1) is 17.8 Å². The fourth-order valence-electron chi connectivity index (χ4n) is 4.11. The first-order chi connectivity index (χ1) is 10.7. The van der Waals surface area contributed by atoms with Crippen molar-refractivity contribution >= 4 is 6.29 Å². The Bertz CT molecular complexity index is 643. The lowest BCUT2D eigenvalue weighted by atomic mass is 9.64. The van der Waals surface area contributed by atoms with Crippen LogP contribution in [-0.2, 0) is 0 Å². The molecule has 4 nitrogen and oxygen atoms in total. The molecule has 0 unspecified atom stereocenters. The van der Waals surface area contributed by atoms with Gasteiger partial charge in [-0.1, -0.05) is 31.9 Å². The van der Waals surface area contributed by atoms with Gasteiger partial charge < -0.3 is 9.15 Å². The maximum Gasteiger partial charge on any atom is 0.350 e. The Balaban J connectivity index is 2.05. The molecule has 0 spiro atoms. The summed E-state index contributed by atoms with van der Waals surface area (Å²) in [5, 5.41) is 0. The summed E-state index contributed by atoms with van der Waals surface area (Å²) in [7, 11) is 1.47. The Morgan fingerprint density at radius 2 is 2.05 bits per heavy atom. The normalized spacial score (nSPS) is 30.6. The van der Waals surface area contributed by atoms with Gasteiger partial charge in [-0.15, -0.1) is 0 Å². The first-order valence-electron chi connectivity index (χ1n) is 8.01. The van der Waals surface area contributed by atoms with Crippen molar-refractivity contribution in [3.8, 4) is 5.75 Å². The highest BCUT2D eigenvalue weighted by molar-refractivity contribution is 5.78. The van der Waals surface area contributed by atoms with Crippen LogP contribution >= 0.6 is 0 Å². The summed E-state index contributed by atoms with van der Waals surface area (Å²) >= 11 is 0. The van der Waals surface area contributed by atoms with Crippen LogP contribution in [0.2, 0.25) is 0 Å². The topological polar surface area (TPSA) is 56.5 Å². The maximum atomic E-state index is 12.1.